The van der Waals surface area contributed by atoms with Crippen LogP contribution in [0.5, 0.6) is 11.5 Å². The number of aliphatic hydroxyl groups is 4. The third-order valence-corrected chi connectivity index (χ3v) is 4.42. The molecule has 3 rings (SSSR count). The molecule has 1 aromatic carbocycles. The Hall–Kier alpha value is -2.69. The minimum Gasteiger partial charge on any atom is -0.496 e. The van der Waals surface area contributed by atoms with Crippen molar-refractivity contribution in [3.8, 4) is 11.5 Å². The van der Waals surface area contributed by atoms with Crippen LogP contribution in [0.3, 0.4) is 0 Å². The zero-order chi connectivity index (χ0) is 21.0. The van der Waals surface area contributed by atoms with Crippen LogP contribution < -0.4 is 15.1 Å². The summed E-state index contributed by atoms with van der Waals surface area (Å²) >= 11 is 0. The van der Waals surface area contributed by atoms with E-state index in [1.807, 2.05) is 0 Å². The van der Waals surface area contributed by atoms with Crippen molar-refractivity contribution in [2.24, 2.45) is 0 Å². The number of aliphatic hydroxyl groups excluding tert-OH is 4. The first-order chi connectivity index (χ1) is 13.9. The molecule has 0 saturated carbocycles. The minimum absolute atomic E-state index is 0.330. The average molecular weight is 406 g/mol. The zero-order valence-electron chi connectivity index (χ0n) is 15.5. The molecule has 0 radical (unpaired) electrons. The number of ether oxygens (including phenoxy) is 3. The topological polar surface area (TPSA) is 139 Å². The quantitative estimate of drug-likeness (QED) is 0.522. The number of methoxy groups -OCH3 is 1. The Balaban J connectivity index is 1.67. The van der Waals surface area contributed by atoms with Crippen molar-refractivity contribution in [2.45, 2.75) is 30.7 Å². The van der Waals surface area contributed by atoms with E-state index in [0.29, 0.717) is 17.3 Å². The van der Waals surface area contributed by atoms with E-state index in [-0.39, 0.29) is 0 Å². The lowest BCUT2D eigenvalue weighted by Crippen LogP contribution is -2.60. The van der Waals surface area contributed by atoms with Gasteiger partial charge in [-0.25, -0.2) is 4.79 Å². The second kappa shape index (κ2) is 9.21. The summed E-state index contributed by atoms with van der Waals surface area (Å²) < 4.78 is 20.9. The maximum atomic E-state index is 11.5. The number of rotatable bonds is 6. The van der Waals surface area contributed by atoms with E-state index >= 15 is 0 Å². The molecule has 156 valence electrons. The monoisotopic (exact) mass is 406 g/mol. The van der Waals surface area contributed by atoms with E-state index in [1.54, 1.807) is 42.5 Å². The van der Waals surface area contributed by atoms with E-state index in [4.69, 9.17) is 18.6 Å². The molecular weight excluding hydrogens is 384 g/mol. The molecule has 1 aromatic heterocycles. The third-order valence-electron chi connectivity index (χ3n) is 4.42. The lowest BCUT2D eigenvalue weighted by atomic mass is 9.99. The first kappa shape index (κ1) is 21.0. The molecule has 5 atom stereocenters. The summed E-state index contributed by atoms with van der Waals surface area (Å²) in [5.74, 6) is 1.07. The van der Waals surface area contributed by atoms with Gasteiger partial charge in [0.25, 0.3) is 0 Å². The standard InChI is InChI=1S/C20H22O9/c1-26-14-8-13(27-16(22)9-14)7-4-11-2-5-12(6-3-11)28-20-19(25)18(24)17(23)15(10-21)29-20/h2-9,15,17-21,23-25H,10H2,1H3/t15-,17-,18+,19-,20-/m1/s1. The van der Waals surface area contributed by atoms with Gasteiger partial charge in [0.2, 0.25) is 6.29 Å². The van der Waals surface area contributed by atoms with Crippen molar-refractivity contribution >= 4 is 12.2 Å². The predicted octanol–water partition coefficient (Wildman–Crippen LogP) is -0.00250. The first-order valence-corrected chi connectivity index (χ1v) is 8.86. The SMILES string of the molecule is COc1cc(C=Cc2ccc(O[C@@H]3O[C@H](CO)[C@@H](O)[C@H](O)[C@H]3O)cc2)oc(=O)c1. The molecule has 1 aliphatic rings. The van der Waals surface area contributed by atoms with Crippen molar-refractivity contribution in [1.29, 1.82) is 0 Å². The van der Waals surface area contributed by atoms with E-state index in [1.165, 1.54) is 13.2 Å². The van der Waals surface area contributed by atoms with Crippen LogP contribution in [0.2, 0.25) is 0 Å². The molecule has 1 aliphatic heterocycles. The molecule has 2 aromatic rings. The molecule has 2 heterocycles. The summed E-state index contributed by atoms with van der Waals surface area (Å²) in [6.45, 7) is -0.533. The number of hydrogen-bond donors (Lipinski definition) is 4. The van der Waals surface area contributed by atoms with Gasteiger partial charge < -0.3 is 39.1 Å². The van der Waals surface area contributed by atoms with Gasteiger partial charge in [-0.05, 0) is 23.8 Å². The van der Waals surface area contributed by atoms with Gasteiger partial charge in [-0.2, -0.15) is 0 Å². The summed E-state index contributed by atoms with van der Waals surface area (Å²) in [6.07, 6.45) is -3.41. The highest BCUT2D eigenvalue weighted by atomic mass is 16.7. The fourth-order valence-corrected chi connectivity index (χ4v) is 2.81. The van der Waals surface area contributed by atoms with Gasteiger partial charge in [0.05, 0.1) is 19.8 Å². The summed E-state index contributed by atoms with van der Waals surface area (Å²) in [5.41, 5.74) is 0.254. The van der Waals surface area contributed by atoms with Gasteiger partial charge in [0.15, 0.2) is 0 Å². The van der Waals surface area contributed by atoms with Crippen LogP contribution in [-0.4, -0.2) is 64.8 Å². The summed E-state index contributed by atoms with van der Waals surface area (Å²) in [7, 11) is 1.45. The van der Waals surface area contributed by atoms with Crippen molar-refractivity contribution in [2.75, 3.05) is 13.7 Å². The van der Waals surface area contributed by atoms with Crippen LogP contribution >= 0.6 is 0 Å². The van der Waals surface area contributed by atoms with Crippen LogP contribution in [-0.2, 0) is 4.74 Å². The number of hydrogen-bond acceptors (Lipinski definition) is 9. The van der Waals surface area contributed by atoms with E-state index in [9.17, 15) is 25.2 Å². The first-order valence-electron chi connectivity index (χ1n) is 8.86. The van der Waals surface area contributed by atoms with Crippen LogP contribution in [0, 0.1) is 0 Å². The largest absolute Gasteiger partial charge is 0.496 e. The van der Waals surface area contributed by atoms with Gasteiger partial charge in [-0.3, -0.25) is 0 Å². The van der Waals surface area contributed by atoms with Gasteiger partial charge in [-0.1, -0.05) is 18.2 Å². The molecule has 0 unspecified atom stereocenters. The van der Waals surface area contributed by atoms with Crippen LogP contribution in [0.4, 0.5) is 0 Å². The lowest BCUT2D eigenvalue weighted by molar-refractivity contribution is -0.277. The average Bonchev–Trinajstić information content (AvgIpc) is 2.73. The Morgan fingerprint density at radius 1 is 1.00 bits per heavy atom. The molecule has 1 fully saturated rings. The minimum atomic E-state index is -1.51. The molecule has 1 saturated heterocycles. The van der Waals surface area contributed by atoms with E-state index < -0.39 is 42.9 Å². The van der Waals surface area contributed by atoms with Gasteiger partial charge >= 0.3 is 5.63 Å². The summed E-state index contributed by atoms with van der Waals surface area (Å²) in [6, 6.07) is 9.48. The smallest absolute Gasteiger partial charge is 0.339 e. The molecule has 0 spiro atoms. The second-order valence-electron chi connectivity index (χ2n) is 6.44. The highest BCUT2D eigenvalue weighted by molar-refractivity contribution is 5.67. The van der Waals surface area contributed by atoms with Gasteiger partial charge in [0, 0.05) is 6.07 Å². The molecule has 9 heteroatoms. The highest BCUT2D eigenvalue weighted by Gasteiger charge is 2.44. The van der Waals surface area contributed by atoms with Crippen LogP contribution in [0.1, 0.15) is 11.3 Å². The molecule has 0 amide bonds. The second-order valence-corrected chi connectivity index (χ2v) is 6.44. The normalized spacial score (nSPS) is 27.1. The lowest BCUT2D eigenvalue weighted by Gasteiger charge is -2.39. The fraction of sp³-hybridized carbons (Fsp3) is 0.350. The van der Waals surface area contributed by atoms with Crippen molar-refractivity contribution in [3.63, 3.8) is 0 Å². The Bertz CT molecular complexity index is 888. The molecule has 9 nitrogen and oxygen atoms in total. The van der Waals surface area contributed by atoms with Crippen LogP contribution in [0.15, 0.2) is 45.6 Å². The van der Waals surface area contributed by atoms with E-state index in [2.05, 4.69) is 0 Å². The Kier molecular flexibility index (Phi) is 6.68. The van der Waals surface area contributed by atoms with Crippen LogP contribution in [0.25, 0.3) is 12.2 Å². The van der Waals surface area contributed by atoms with Crippen molar-refractivity contribution in [3.05, 3.63) is 58.1 Å². The summed E-state index contributed by atoms with van der Waals surface area (Å²) in [5, 5.41) is 38.8. The maximum absolute atomic E-state index is 11.5. The Labute approximate surface area is 166 Å². The van der Waals surface area contributed by atoms with Gasteiger partial charge in [-0.15, -0.1) is 0 Å². The fourth-order valence-electron chi connectivity index (χ4n) is 2.81. The Morgan fingerprint density at radius 2 is 1.72 bits per heavy atom. The molecule has 0 bridgehead atoms. The predicted molar refractivity (Wildman–Crippen MR) is 101 cm³/mol. The molecule has 0 aliphatic carbocycles. The van der Waals surface area contributed by atoms with E-state index in [0.717, 1.165) is 5.56 Å². The third kappa shape index (κ3) is 5.03. The molecule has 29 heavy (non-hydrogen) atoms. The van der Waals surface area contributed by atoms with Gasteiger partial charge in [0.1, 0.15) is 41.7 Å². The highest BCUT2D eigenvalue weighted by Crippen LogP contribution is 2.25. The molecular formula is C20H22O9. The van der Waals surface area contributed by atoms with Crippen molar-refractivity contribution in [1.82, 2.24) is 0 Å². The van der Waals surface area contributed by atoms with Crippen molar-refractivity contribution < 1.29 is 39.1 Å². The Morgan fingerprint density at radius 3 is 2.38 bits per heavy atom. The summed E-state index contributed by atoms with van der Waals surface area (Å²) in [4.78, 5) is 11.5. The maximum Gasteiger partial charge on any atom is 0.339 e. The molecule has 4 N–H and O–H groups in total. The number of benzene rings is 1. The zero-order valence-corrected chi connectivity index (χ0v) is 15.5.